The second kappa shape index (κ2) is 8.36. The molecule has 4 saturated carbocycles. The Morgan fingerprint density at radius 1 is 0.867 bits per heavy atom. The van der Waals surface area contributed by atoms with Crippen LogP contribution in [0.5, 0.6) is 0 Å². The lowest BCUT2D eigenvalue weighted by atomic mass is 9.43. The second-order valence-corrected chi connectivity index (χ2v) is 13.3. The summed E-state index contributed by atoms with van der Waals surface area (Å²) in [6, 6.07) is 0. The molecule has 0 aliphatic heterocycles. The highest BCUT2D eigenvalue weighted by Gasteiger charge is 2.61. The fourth-order valence-corrected chi connectivity index (χ4v) is 9.53. The molecule has 4 aliphatic carbocycles. The summed E-state index contributed by atoms with van der Waals surface area (Å²) in [5.74, 6) is 6.20. The fourth-order valence-electron chi connectivity index (χ4n) is 9.53. The quantitative estimate of drug-likeness (QED) is 0.499. The van der Waals surface area contributed by atoms with Crippen molar-refractivity contribution in [2.75, 3.05) is 6.54 Å². The molecule has 174 valence electrons. The minimum atomic E-state index is -0.579. The van der Waals surface area contributed by atoms with Crippen LogP contribution in [0.3, 0.4) is 0 Å². The molecule has 0 aromatic heterocycles. The van der Waals surface area contributed by atoms with Crippen LogP contribution in [-0.2, 0) is 0 Å². The molecule has 0 saturated heterocycles. The van der Waals surface area contributed by atoms with Crippen molar-refractivity contribution in [1.82, 2.24) is 0 Å². The van der Waals surface area contributed by atoms with E-state index in [-0.39, 0.29) is 0 Å². The molecule has 2 nitrogen and oxygen atoms in total. The van der Waals surface area contributed by atoms with Crippen molar-refractivity contribution in [3.8, 4) is 0 Å². The van der Waals surface area contributed by atoms with E-state index in [2.05, 4.69) is 34.6 Å². The van der Waals surface area contributed by atoms with Gasteiger partial charge in [0.25, 0.3) is 0 Å². The molecule has 0 spiro atoms. The van der Waals surface area contributed by atoms with Crippen molar-refractivity contribution < 1.29 is 5.11 Å². The van der Waals surface area contributed by atoms with Gasteiger partial charge in [0.15, 0.2) is 0 Å². The van der Waals surface area contributed by atoms with Gasteiger partial charge >= 0.3 is 0 Å². The average molecular weight is 418 g/mol. The number of rotatable bonds is 6. The first-order valence-electron chi connectivity index (χ1n) is 13.6. The molecule has 4 rings (SSSR count). The van der Waals surface area contributed by atoms with E-state index in [9.17, 15) is 5.11 Å². The van der Waals surface area contributed by atoms with Gasteiger partial charge in [-0.1, -0.05) is 53.9 Å². The number of aliphatic hydroxyl groups is 1. The van der Waals surface area contributed by atoms with E-state index < -0.39 is 5.60 Å². The molecular weight excluding hydrogens is 366 g/mol. The lowest BCUT2D eigenvalue weighted by Crippen LogP contribution is -2.57. The van der Waals surface area contributed by atoms with Crippen LogP contribution in [0.25, 0.3) is 0 Å². The van der Waals surface area contributed by atoms with Crippen molar-refractivity contribution in [3.63, 3.8) is 0 Å². The van der Waals surface area contributed by atoms with Gasteiger partial charge < -0.3 is 10.8 Å². The van der Waals surface area contributed by atoms with Crippen LogP contribution in [0.2, 0.25) is 0 Å². The first-order valence-corrected chi connectivity index (χ1v) is 13.6. The monoisotopic (exact) mass is 417 g/mol. The third kappa shape index (κ3) is 3.81. The molecule has 2 heteroatoms. The smallest absolute Gasteiger partial charge is 0.0772 e. The van der Waals surface area contributed by atoms with Gasteiger partial charge in [-0.2, -0.15) is 0 Å². The molecule has 30 heavy (non-hydrogen) atoms. The number of fused-ring (bicyclic) bond motifs is 5. The van der Waals surface area contributed by atoms with Crippen LogP contribution in [0.4, 0.5) is 0 Å². The highest BCUT2D eigenvalue weighted by Crippen LogP contribution is 2.68. The molecule has 0 aromatic carbocycles. The highest BCUT2D eigenvalue weighted by atomic mass is 16.3. The largest absolute Gasteiger partial charge is 0.389 e. The summed E-state index contributed by atoms with van der Waals surface area (Å²) in [5.41, 5.74) is 6.43. The molecule has 0 bridgehead atoms. The van der Waals surface area contributed by atoms with Crippen LogP contribution < -0.4 is 5.73 Å². The van der Waals surface area contributed by atoms with Crippen LogP contribution >= 0.6 is 0 Å². The number of hydrogen-bond acceptors (Lipinski definition) is 2. The van der Waals surface area contributed by atoms with Crippen LogP contribution in [-0.4, -0.2) is 17.3 Å². The summed E-state index contributed by atoms with van der Waals surface area (Å²) < 4.78 is 0. The number of hydrogen-bond donors (Lipinski definition) is 2. The first-order chi connectivity index (χ1) is 14.1. The fraction of sp³-hybridized carbons (Fsp3) is 1.00. The lowest BCUT2D eigenvalue weighted by Gasteiger charge is -2.62. The summed E-state index contributed by atoms with van der Waals surface area (Å²) >= 11 is 0. The van der Waals surface area contributed by atoms with E-state index in [1.54, 1.807) is 0 Å². The Labute approximate surface area is 187 Å². The first kappa shape index (κ1) is 23.1. The van der Waals surface area contributed by atoms with Gasteiger partial charge in [0.05, 0.1) is 5.60 Å². The van der Waals surface area contributed by atoms with Gasteiger partial charge in [0, 0.05) is 6.54 Å². The van der Waals surface area contributed by atoms with Crippen LogP contribution in [0.15, 0.2) is 0 Å². The molecular formula is C28H51NO. The average Bonchev–Trinajstić information content (AvgIpc) is 3.05. The zero-order valence-corrected chi connectivity index (χ0v) is 20.8. The SMILES string of the molecule is CC(C)CCC[C@@H](C)[C@H]1CCC2C3CCC4C[C@](O)(CN)CC[C@]4(C)C3CC[C@@]21C. The molecule has 0 amide bonds. The van der Waals surface area contributed by atoms with E-state index in [1.807, 2.05) is 0 Å². The van der Waals surface area contributed by atoms with Crippen LogP contribution in [0.1, 0.15) is 112 Å². The zero-order valence-electron chi connectivity index (χ0n) is 20.8. The maximum Gasteiger partial charge on any atom is 0.0772 e. The lowest BCUT2D eigenvalue weighted by molar-refractivity contribution is -0.149. The molecule has 0 radical (unpaired) electrons. The highest BCUT2D eigenvalue weighted by molar-refractivity contribution is 5.11. The van der Waals surface area contributed by atoms with E-state index in [0.29, 0.717) is 23.3 Å². The van der Waals surface area contributed by atoms with Gasteiger partial charge in [0.1, 0.15) is 0 Å². The van der Waals surface area contributed by atoms with Gasteiger partial charge in [-0.05, 0) is 110 Å². The van der Waals surface area contributed by atoms with E-state index in [0.717, 1.165) is 48.3 Å². The maximum atomic E-state index is 10.9. The minimum absolute atomic E-state index is 0.449. The van der Waals surface area contributed by atoms with E-state index in [4.69, 9.17) is 5.73 Å². The molecule has 4 fully saturated rings. The predicted octanol–water partition coefficient (Wildman–Crippen LogP) is 6.80. The minimum Gasteiger partial charge on any atom is -0.389 e. The van der Waals surface area contributed by atoms with E-state index >= 15 is 0 Å². The Bertz CT molecular complexity index is 603. The molecule has 3 N–H and O–H groups in total. The summed E-state index contributed by atoms with van der Waals surface area (Å²) in [6.45, 7) is 13.1. The topological polar surface area (TPSA) is 46.2 Å². The van der Waals surface area contributed by atoms with Crippen molar-refractivity contribution in [2.45, 2.75) is 117 Å². The molecule has 9 atom stereocenters. The van der Waals surface area contributed by atoms with Gasteiger partial charge in [-0.25, -0.2) is 0 Å². The summed E-state index contributed by atoms with van der Waals surface area (Å²) in [4.78, 5) is 0. The third-order valence-electron chi connectivity index (χ3n) is 11.4. The Balaban J connectivity index is 1.46. The molecule has 4 aliphatic rings. The summed E-state index contributed by atoms with van der Waals surface area (Å²) in [5, 5.41) is 10.9. The van der Waals surface area contributed by atoms with Crippen molar-refractivity contribution in [1.29, 1.82) is 0 Å². The standard InChI is InChI=1S/C28H51NO/c1-19(2)7-6-8-20(3)23-11-12-24-22-10-9-21-17-28(30,18-29)16-15-26(21,4)25(22)13-14-27(23,24)5/h19-25,30H,6-18,29H2,1-5H3/t20-,21?,22?,23-,24?,25?,26+,27-,28+/m1/s1. The predicted molar refractivity (Wildman–Crippen MR) is 127 cm³/mol. The Morgan fingerprint density at radius 2 is 1.60 bits per heavy atom. The normalized spacial score (nSPS) is 49.4. The Hall–Kier alpha value is -0.0800. The Morgan fingerprint density at radius 3 is 2.30 bits per heavy atom. The number of nitrogens with two attached hydrogens (primary N) is 1. The van der Waals surface area contributed by atoms with Crippen molar-refractivity contribution in [3.05, 3.63) is 0 Å². The molecule has 4 unspecified atom stereocenters. The van der Waals surface area contributed by atoms with Crippen LogP contribution in [0, 0.1) is 52.3 Å². The Kier molecular flexibility index (Phi) is 6.44. The maximum absolute atomic E-state index is 10.9. The second-order valence-electron chi connectivity index (χ2n) is 13.3. The molecule has 0 aromatic rings. The van der Waals surface area contributed by atoms with Gasteiger partial charge in [0.2, 0.25) is 0 Å². The molecule has 0 heterocycles. The van der Waals surface area contributed by atoms with Crippen molar-refractivity contribution in [2.24, 2.45) is 58.0 Å². The van der Waals surface area contributed by atoms with E-state index in [1.165, 1.54) is 64.2 Å². The zero-order chi connectivity index (χ0) is 21.7. The summed E-state index contributed by atoms with van der Waals surface area (Å²) in [7, 11) is 0. The summed E-state index contributed by atoms with van der Waals surface area (Å²) in [6.07, 6.45) is 16.0. The van der Waals surface area contributed by atoms with Gasteiger partial charge in [-0.15, -0.1) is 0 Å². The van der Waals surface area contributed by atoms with Gasteiger partial charge in [-0.3, -0.25) is 0 Å². The van der Waals surface area contributed by atoms with Crippen molar-refractivity contribution >= 4 is 0 Å². The third-order valence-corrected chi connectivity index (χ3v) is 11.4.